The first-order valence-corrected chi connectivity index (χ1v) is 3.20. The summed E-state index contributed by atoms with van der Waals surface area (Å²) in [7, 11) is 0. The molecular formula is C4H7IO. The van der Waals surface area contributed by atoms with Crippen LogP contribution in [-0.2, 0) is 0 Å². The zero-order chi connectivity index (χ0) is 4.62. The van der Waals surface area contributed by atoms with Crippen molar-refractivity contribution < 1.29 is 5.11 Å². The van der Waals surface area contributed by atoms with Crippen molar-refractivity contribution in [1.82, 2.24) is 0 Å². The summed E-state index contributed by atoms with van der Waals surface area (Å²) in [6.07, 6.45) is 3.20. The fourth-order valence-electron chi connectivity index (χ4n) is 0.469. The first kappa shape index (κ1) is 4.84. The van der Waals surface area contributed by atoms with Gasteiger partial charge in [0.1, 0.15) is 3.61 Å². The lowest BCUT2D eigenvalue weighted by Gasteiger charge is -2.29. The van der Waals surface area contributed by atoms with Crippen LogP contribution in [0.4, 0.5) is 0 Å². The summed E-state index contributed by atoms with van der Waals surface area (Å²) in [6, 6.07) is 0. The molecule has 6 heavy (non-hydrogen) atoms. The van der Waals surface area contributed by atoms with E-state index in [0.29, 0.717) is 0 Å². The molecule has 0 aromatic rings. The molecule has 0 aromatic heterocycles. The molecule has 1 aliphatic carbocycles. The highest BCUT2D eigenvalue weighted by Crippen LogP contribution is 2.37. The van der Waals surface area contributed by atoms with Crippen LogP contribution in [-0.4, -0.2) is 8.71 Å². The standard InChI is InChI=1S/C4H7IO/c5-4(6)2-1-3-4/h6H,1-3H2. The minimum atomic E-state index is -0.308. The van der Waals surface area contributed by atoms with Crippen molar-refractivity contribution in [3.63, 3.8) is 0 Å². The minimum absolute atomic E-state index is 0.308. The van der Waals surface area contributed by atoms with Crippen LogP contribution >= 0.6 is 22.6 Å². The zero-order valence-electron chi connectivity index (χ0n) is 3.45. The van der Waals surface area contributed by atoms with Gasteiger partial charge in [0.05, 0.1) is 0 Å². The van der Waals surface area contributed by atoms with Gasteiger partial charge in [0.2, 0.25) is 0 Å². The van der Waals surface area contributed by atoms with Gasteiger partial charge in [0.25, 0.3) is 0 Å². The summed E-state index contributed by atoms with van der Waals surface area (Å²) in [5.41, 5.74) is 0. The van der Waals surface area contributed by atoms with Crippen molar-refractivity contribution in [3.8, 4) is 0 Å². The van der Waals surface area contributed by atoms with E-state index in [9.17, 15) is 0 Å². The number of alkyl halides is 1. The number of hydrogen-bond donors (Lipinski definition) is 1. The molecule has 1 rings (SSSR count). The number of aliphatic hydroxyl groups is 1. The summed E-state index contributed by atoms with van der Waals surface area (Å²) >= 11 is 2.08. The lowest BCUT2D eigenvalue weighted by molar-refractivity contribution is 0.0766. The molecule has 1 nitrogen and oxygen atoms in total. The number of halogens is 1. The Labute approximate surface area is 50.9 Å². The van der Waals surface area contributed by atoms with Crippen LogP contribution in [0.5, 0.6) is 0 Å². The van der Waals surface area contributed by atoms with Gasteiger partial charge in [-0.25, -0.2) is 0 Å². The summed E-state index contributed by atoms with van der Waals surface area (Å²) in [6.45, 7) is 0. The predicted octanol–water partition coefficient (Wildman–Crippen LogP) is 1.29. The molecule has 0 radical (unpaired) electrons. The summed E-state index contributed by atoms with van der Waals surface area (Å²) in [5.74, 6) is 0. The van der Waals surface area contributed by atoms with E-state index in [1.807, 2.05) is 0 Å². The van der Waals surface area contributed by atoms with Crippen LogP contribution in [0.1, 0.15) is 19.3 Å². The Kier molecular flexibility index (Phi) is 1.08. The van der Waals surface area contributed by atoms with Crippen molar-refractivity contribution in [1.29, 1.82) is 0 Å². The number of hydrogen-bond acceptors (Lipinski definition) is 1. The van der Waals surface area contributed by atoms with E-state index in [0.717, 1.165) is 12.8 Å². The molecule has 2 heteroatoms. The third-order valence-corrected chi connectivity index (χ3v) is 2.20. The fraction of sp³-hybridized carbons (Fsp3) is 1.00. The molecule has 0 unspecified atom stereocenters. The average molecular weight is 198 g/mol. The van der Waals surface area contributed by atoms with E-state index in [-0.39, 0.29) is 3.61 Å². The second kappa shape index (κ2) is 1.33. The van der Waals surface area contributed by atoms with Crippen LogP contribution < -0.4 is 0 Å². The molecule has 0 bridgehead atoms. The molecule has 1 fully saturated rings. The molecule has 1 N–H and O–H groups in total. The van der Waals surface area contributed by atoms with Crippen molar-refractivity contribution in [2.45, 2.75) is 22.9 Å². The van der Waals surface area contributed by atoms with Gasteiger partial charge in [-0.1, -0.05) is 0 Å². The Bertz CT molecular complexity index is 54.6. The maximum absolute atomic E-state index is 8.90. The van der Waals surface area contributed by atoms with Crippen molar-refractivity contribution in [2.24, 2.45) is 0 Å². The van der Waals surface area contributed by atoms with Crippen molar-refractivity contribution >= 4 is 22.6 Å². The number of rotatable bonds is 0. The molecule has 1 saturated carbocycles. The predicted molar refractivity (Wildman–Crippen MR) is 32.8 cm³/mol. The maximum atomic E-state index is 8.90. The Hall–Kier alpha value is 0.690. The van der Waals surface area contributed by atoms with Crippen molar-refractivity contribution in [2.75, 3.05) is 0 Å². The SMILES string of the molecule is OC1(I)CCC1. The van der Waals surface area contributed by atoms with Crippen LogP contribution in [0.2, 0.25) is 0 Å². The molecule has 0 heterocycles. The van der Waals surface area contributed by atoms with Gasteiger partial charge < -0.3 is 5.11 Å². The lowest BCUT2D eigenvalue weighted by Crippen LogP contribution is -2.28. The third-order valence-electron chi connectivity index (χ3n) is 1.12. The third kappa shape index (κ3) is 0.846. The highest BCUT2D eigenvalue weighted by molar-refractivity contribution is 14.1. The van der Waals surface area contributed by atoms with Gasteiger partial charge in [-0.3, -0.25) is 0 Å². The highest BCUT2D eigenvalue weighted by atomic mass is 127. The van der Waals surface area contributed by atoms with Gasteiger partial charge in [-0.2, -0.15) is 0 Å². The molecule has 0 spiro atoms. The van der Waals surface area contributed by atoms with E-state index >= 15 is 0 Å². The van der Waals surface area contributed by atoms with Gasteiger partial charge >= 0.3 is 0 Å². The van der Waals surface area contributed by atoms with Crippen LogP contribution in [0, 0.1) is 0 Å². The first-order valence-electron chi connectivity index (χ1n) is 2.12. The molecular weight excluding hydrogens is 191 g/mol. The Balaban J connectivity index is 2.31. The van der Waals surface area contributed by atoms with Crippen LogP contribution in [0.25, 0.3) is 0 Å². The molecule has 0 aliphatic heterocycles. The van der Waals surface area contributed by atoms with E-state index in [2.05, 4.69) is 22.6 Å². The maximum Gasteiger partial charge on any atom is 0.115 e. The summed E-state index contributed by atoms with van der Waals surface area (Å²) in [5, 5.41) is 8.90. The zero-order valence-corrected chi connectivity index (χ0v) is 5.60. The van der Waals surface area contributed by atoms with E-state index in [1.165, 1.54) is 6.42 Å². The second-order valence-corrected chi connectivity index (χ2v) is 3.78. The second-order valence-electron chi connectivity index (χ2n) is 1.77. The van der Waals surface area contributed by atoms with E-state index in [4.69, 9.17) is 5.11 Å². The fourth-order valence-corrected chi connectivity index (χ4v) is 1.23. The van der Waals surface area contributed by atoms with Gasteiger partial charge in [0, 0.05) is 0 Å². The highest BCUT2D eigenvalue weighted by Gasteiger charge is 2.30. The Morgan fingerprint density at radius 1 is 1.50 bits per heavy atom. The van der Waals surface area contributed by atoms with E-state index in [1.54, 1.807) is 0 Å². The largest absolute Gasteiger partial charge is 0.380 e. The van der Waals surface area contributed by atoms with Crippen LogP contribution in [0.15, 0.2) is 0 Å². The summed E-state index contributed by atoms with van der Waals surface area (Å²) < 4.78 is -0.308. The molecule has 0 saturated heterocycles. The Morgan fingerprint density at radius 2 is 1.83 bits per heavy atom. The molecule has 0 aromatic carbocycles. The lowest BCUT2D eigenvalue weighted by atomic mass is 9.97. The molecule has 0 atom stereocenters. The topological polar surface area (TPSA) is 20.2 Å². The molecule has 0 amide bonds. The van der Waals surface area contributed by atoms with E-state index < -0.39 is 0 Å². The minimum Gasteiger partial charge on any atom is -0.380 e. The quantitative estimate of drug-likeness (QED) is 0.459. The normalized spacial score (nSPS) is 29.0. The van der Waals surface area contributed by atoms with Gasteiger partial charge in [-0.15, -0.1) is 0 Å². The smallest absolute Gasteiger partial charge is 0.115 e. The van der Waals surface area contributed by atoms with Gasteiger partial charge in [0.15, 0.2) is 0 Å². The average Bonchev–Trinajstić information content (AvgIpc) is 1.32. The monoisotopic (exact) mass is 198 g/mol. The summed E-state index contributed by atoms with van der Waals surface area (Å²) in [4.78, 5) is 0. The Morgan fingerprint density at radius 3 is 1.83 bits per heavy atom. The van der Waals surface area contributed by atoms with Crippen LogP contribution in [0.3, 0.4) is 0 Å². The van der Waals surface area contributed by atoms with Crippen molar-refractivity contribution in [3.05, 3.63) is 0 Å². The van der Waals surface area contributed by atoms with Gasteiger partial charge in [-0.05, 0) is 41.9 Å². The molecule has 36 valence electrons. The molecule has 1 aliphatic rings. The first-order chi connectivity index (χ1) is 2.71.